The molecule has 1 unspecified atom stereocenters. The summed E-state index contributed by atoms with van der Waals surface area (Å²) in [5.41, 5.74) is 0.811. The largest absolute Gasteiger partial charge is 0.469 e. The highest BCUT2D eigenvalue weighted by Gasteiger charge is 2.15. The zero-order valence-corrected chi connectivity index (χ0v) is 13.1. The van der Waals surface area contributed by atoms with Gasteiger partial charge >= 0.3 is 5.97 Å². The quantitative estimate of drug-likeness (QED) is 0.735. The first kappa shape index (κ1) is 17.1. The predicted molar refractivity (Wildman–Crippen MR) is 79.0 cm³/mol. The minimum absolute atomic E-state index is 0.247. The molecule has 1 heterocycles. The fourth-order valence-corrected chi connectivity index (χ4v) is 2.33. The fraction of sp³-hybridized carbons (Fsp3) is 0.538. The zero-order valence-electron chi connectivity index (χ0n) is 12.3. The molecule has 0 aliphatic carbocycles. The third-order valence-electron chi connectivity index (χ3n) is 2.64. The van der Waals surface area contributed by atoms with Gasteiger partial charge in [0.1, 0.15) is 6.04 Å². The van der Waals surface area contributed by atoms with Crippen LogP contribution in [0, 0.1) is 0 Å². The minimum atomic E-state index is -0.617. The first-order valence-corrected chi connectivity index (χ1v) is 7.39. The average Bonchev–Trinajstić information content (AvgIpc) is 2.85. The molecule has 0 bridgehead atoms. The molecule has 1 aromatic rings. The number of anilines is 1. The number of hydrogen-bond acceptors (Lipinski definition) is 6. The lowest BCUT2D eigenvalue weighted by atomic mass is 10.2. The van der Waals surface area contributed by atoms with E-state index in [4.69, 9.17) is 0 Å². The number of carbonyl (C=O) groups excluding carboxylic acids is 3. The summed E-state index contributed by atoms with van der Waals surface area (Å²) in [6, 6.07) is -0.617. The zero-order chi connectivity index (χ0) is 15.8. The minimum Gasteiger partial charge on any atom is -0.469 e. The maximum atomic E-state index is 11.8. The number of aromatic nitrogens is 1. The van der Waals surface area contributed by atoms with Gasteiger partial charge in [0.25, 0.3) is 0 Å². The normalized spacial score (nSPS) is 11.6. The number of esters is 1. The maximum absolute atomic E-state index is 11.8. The van der Waals surface area contributed by atoms with E-state index in [2.05, 4.69) is 20.4 Å². The van der Waals surface area contributed by atoms with Crippen molar-refractivity contribution < 1.29 is 19.1 Å². The van der Waals surface area contributed by atoms with Crippen LogP contribution in [0.3, 0.4) is 0 Å². The second kappa shape index (κ2) is 8.35. The van der Waals surface area contributed by atoms with Gasteiger partial charge in [0, 0.05) is 18.7 Å². The van der Waals surface area contributed by atoms with Crippen molar-refractivity contribution in [3.05, 3.63) is 11.1 Å². The highest BCUT2D eigenvalue weighted by atomic mass is 32.1. The van der Waals surface area contributed by atoms with Gasteiger partial charge in [-0.15, -0.1) is 11.3 Å². The van der Waals surface area contributed by atoms with Crippen molar-refractivity contribution in [3.63, 3.8) is 0 Å². The lowest BCUT2D eigenvalue weighted by Gasteiger charge is -2.10. The maximum Gasteiger partial charge on any atom is 0.305 e. The van der Waals surface area contributed by atoms with Gasteiger partial charge in [0.05, 0.1) is 12.8 Å². The van der Waals surface area contributed by atoms with E-state index in [0.717, 1.165) is 5.69 Å². The number of methoxy groups -OCH3 is 1. The summed E-state index contributed by atoms with van der Waals surface area (Å²) >= 11 is 1.31. The van der Waals surface area contributed by atoms with Gasteiger partial charge in [-0.05, 0) is 19.8 Å². The molecule has 0 fully saturated rings. The van der Waals surface area contributed by atoms with Crippen LogP contribution in [0.15, 0.2) is 5.38 Å². The number of nitrogens with zero attached hydrogens (tertiary/aromatic N) is 1. The van der Waals surface area contributed by atoms with Crippen LogP contribution < -0.4 is 10.6 Å². The Morgan fingerprint density at radius 1 is 1.43 bits per heavy atom. The van der Waals surface area contributed by atoms with Crippen LogP contribution >= 0.6 is 11.3 Å². The Morgan fingerprint density at radius 2 is 2.14 bits per heavy atom. The molecule has 0 saturated heterocycles. The highest BCUT2D eigenvalue weighted by Crippen LogP contribution is 2.17. The van der Waals surface area contributed by atoms with Crippen LogP contribution in [0.4, 0.5) is 5.13 Å². The second-order valence-electron chi connectivity index (χ2n) is 4.49. The molecule has 0 radical (unpaired) electrons. The van der Waals surface area contributed by atoms with E-state index in [9.17, 15) is 14.4 Å². The Hall–Kier alpha value is -1.96. The van der Waals surface area contributed by atoms with Crippen molar-refractivity contribution in [2.45, 2.75) is 39.2 Å². The van der Waals surface area contributed by atoms with Crippen LogP contribution in [-0.4, -0.2) is 35.9 Å². The average molecular weight is 313 g/mol. The van der Waals surface area contributed by atoms with Crippen molar-refractivity contribution in [2.75, 3.05) is 12.4 Å². The van der Waals surface area contributed by atoms with Gasteiger partial charge in [-0.3, -0.25) is 14.4 Å². The van der Waals surface area contributed by atoms with Crippen molar-refractivity contribution in [3.8, 4) is 0 Å². The summed E-state index contributed by atoms with van der Waals surface area (Å²) in [6.45, 7) is 2.95. The van der Waals surface area contributed by atoms with E-state index in [1.165, 1.54) is 25.4 Å². The van der Waals surface area contributed by atoms with Gasteiger partial charge in [-0.2, -0.15) is 0 Å². The summed E-state index contributed by atoms with van der Waals surface area (Å²) in [5, 5.41) is 7.44. The molecular formula is C13H19N3O4S. The molecule has 0 spiro atoms. The number of amides is 2. The third kappa shape index (κ3) is 6.35. The summed E-state index contributed by atoms with van der Waals surface area (Å²) in [7, 11) is 1.36. The van der Waals surface area contributed by atoms with Gasteiger partial charge in [-0.1, -0.05) is 0 Å². The number of rotatable bonds is 7. The molecular weight excluding hydrogens is 294 g/mol. The summed E-state index contributed by atoms with van der Waals surface area (Å²) in [5.74, 6) is -0.830. The predicted octanol–water partition coefficient (Wildman–Crippen LogP) is 1.10. The molecule has 0 aliphatic rings. The van der Waals surface area contributed by atoms with Gasteiger partial charge < -0.3 is 15.4 Å². The van der Waals surface area contributed by atoms with E-state index in [1.807, 2.05) is 5.38 Å². The molecule has 1 aromatic heterocycles. The second-order valence-corrected chi connectivity index (χ2v) is 5.34. The van der Waals surface area contributed by atoms with Crippen molar-refractivity contribution in [1.82, 2.24) is 10.3 Å². The molecule has 21 heavy (non-hydrogen) atoms. The summed E-state index contributed by atoms with van der Waals surface area (Å²) in [6.07, 6.45) is 1.63. The summed E-state index contributed by atoms with van der Waals surface area (Å²) < 4.78 is 4.56. The molecule has 0 aliphatic heterocycles. The SMILES string of the molecule is COC(=O)CCCc1csc(NC(=O)C(C)NC(C)=O)n1. The fourth-order valence-electron chi connectivity index (χ4n) is 1.58. The van der Waals surface area contributed by atoms with E-state index < -0.39 is 6.04 Å². The molecule has 2 N–H and O–H groups in total. The van der Waals surface area contributed by atoms with E-state index in [1.54, 1.807) is 6.92 Å². The van der Waals surface area contributed by atoms with Gasteiger partial charge in [-0.25, -0.2) is 4.98 Å². The Labute approximate surface area is 127 Å². The topological polar surface area (TPSA) is 97.4 Å². The van der Waals surface area contributed by atoms with Crippen LogP contribution in [0.2, 0.25) is 0 Å². The Bertz CT molecular complexity index is 515. The number of nitrogens with one attached hydrogen (secondary N) is 2. The monoisotopic (exact) mass is 313 g/mol. The number of aryl methyl sites for hydroxylation is 1. The molecule has 2 amide bonds. The first-order valence-electron chi connectivity index (χ1n) is 6.51. The molecule has 0 aromatic carbocycles. The van der Waals surface area contributed by atoms with Crippen LogP contribution in [-0.2, 0) is 25.5 Å². The number of hydrogen-bond donors (Lipinski definition) is 2. The lowest BCUT2D eigenvalue weighted by molar-refractivity contribution is -0.140. The first-order chi connectivity index (χ1) is 9.92. The van der Waals surface area contributed by atoms with E-state index >= 15 is 0 Å². The van der Waals surface area contributed by atoms with Crippen LogP contribution in [0.25, 0.3) is 0 Å². The van der Waals surface area contributed by atoms with E-state index in [0.29, 0.717) is 24.4 Å². The highest BCUT2D eigenvalue weighted by molar-refractivity contribution is 7.13. The Morgan fingerprint density at radius 3 is 2.76 bits per heavy atom. The Kier molecular flexibility index (Phi) is 6.80. The van der Waals surface area contributed by atoms with Crippen LogP contribution in [0.5, 0.6) is 0 Å². The standard InChI is InChI=1S/C13H19N3O4S/c1-8(14-9(2)17)12(19)16-13-15-10(7-21-13)5-4-6-11(18)20-3/h7-8H,4-6H2,1-3H3,(H,14,17)(H,15,16,19). The van der Waals surface area contributed by atoms with Gasteiger partial charge in [0.2, 0.25) is 11.8 Å². The molecule has 1 atom stereocenters. The molecule has 8 heteroatoms. The van der Waals surface area contributed by atoms with Gasteiger partial charge in [0.15, 0.2) is 5.13 Å². The Balaban J connectivity index is 2.42. The summed E-state index contributed by atoms with van der Waals surface area (Å²) in [4.78, 5) is 37.9. The molecule has 116 valence electrons. The number of ether oxygens (including phenoxy) is 1. The lowest BCUT2D eigenvalue weighted by Crippen LogP contribution is -2.40. The van der Waals surface area contributed by atoms with Crippen LogP contribution in [0.1, 0.15) is 32.4 Å². The van der Waals surface area contributed by atoms with Crippen molar-refractivity contribution in [2.24, 2.45) is 0 Å². The third-order valence-corrected chi connectivity index (χ3v) is 3.44. The smallest absolute Gasteiger partial charge is 0.305 e. The van der Waals surface area contributed by atoms with Crippen molar-refractivity contribution in [1.29, 1.82) is 0 Å². The molecule has 1 rings (SSSR count). The molecule has 0 saturated carbocycles. The number of carbonyl (C=O) groups is 3. The van der Waals surface area contributed by atoms with Crippen molar-refractivity contribution >= 4 is 34.3 Å². The van der Waals surface area contributed by atoms with E-state index in [-0.39, 0.29) is 17.8 Å². The molecule has 7 nitrogen and oxygen atoms in total. The number of thiazole rings is 1.